The Hall–Kier alpha value is -2.84. The van der Waals surface area contributed by atoms with Crippen LogP contribution in [0.5, 0.6) is 11.5 Å². The van der Waals surface area contributed by atoms with Crippen molar-refractivity contribution in [3.8, 4) is 11.5 Å². The van der Waals surface area contributed by atoms with Crippen LogP contribution in [0, 0.1) is 10.1 Å². The molecular formula is C15H20N2O7. The second-order valence-electron chi connectivity index (χ2n) is 4.86. The number of aliphatic carboxylic acids is 1. The van der Waals surface area contributed by atoms with Crippen molar-refractivity contribution in [2.75, 3.05) is 13.7 Å². The smallest absolute Gasteiger partial charge is 0.326 e. The second-order valence-corrected chi connectivity index (χ2v) is 4.86. The summed E-state index contributed by atoms with van der Waals surface area (Å²) in [6, 6.07) is 1.13. The molecule has 0 heterocycles. The number of rotatable bonds is 9. The first-order valence-corrected chi connectivity index (χ1v) is 7.38. The summed E-state index contributed by atoms with van der Waals surface area (Å²) in [6.45, 7) is 3.75. The molecule has 1 unspecified atom stereocenters. The van der Waals surface area contributed by atoms with Gasteiger partial charge in [-0.05, 0) is 13.3 Å². The number of carbonyl (C=O) groups is 2. The lowest BCUT2D eigenvalue weighted by Crippen LogP contribution is -2.40. The van der Waals surface area contributed by atoms with Crippen LogP contribution in [0.1, 0.15) is 37.0 Å². The van der Waals surface area contributed by atoms with Gasteiger partial charge in [0.05, 0.1) is 24.7 Å². The van der Waals surface area contributed by atoms with E-state index in [1.165, 1.54) is 13.2 Å². The number of methoxy groups -OCH3 is 1. The van der Waals surface area contributed by atoms with Crippen molar-refractivity contribution >= 4 is 17.6 Å². The number of ether oxygens (including phenoxy) is 2. The fraction of sp³-hybridized carbons (Fsp3) is 0.467. The van der Waals surface area contributed by atoms with Crippen LogP contribution in [0.25, 0.3) is 0 Å². The molecule has 0 aromatic heterocycles. The maximum Gasteiger partial charge on any atom is 0.326 e. The van der Waals surface area contributed by atoms with E-state index < -0.39 is 28.5 Å². The summed E-state index contributed by atoms with van der Waals surface area (Å²) in [4.78, 5) is 34.0. The third-order valence-electron chi connectivity index (χ3n) is 3.20. The summed E-state index contributed by atoms with van der Waals surface area (Å²) in [6.07, 6.45) is 0.746. The standard InChI is InChI=1S/C15H20N2O7/c1-4-6-10(15(19)20)16-14(18)9-7-13(24-5-2)12(23-3)8-11(9)17(21)22/h7-8,10H,4-6H2,1-3H3,(H,16,18)(H,19,20). The summed E-state index contributed by atoms with van der Waals surface area (Å²) >= 11 is 0. The fourth-order valence-electron chi connectivity index (χ4n) is 2.09. The number of carbonyl (C=O) groups excluding carboxylic acids is 1. The van der Waals surface area contributed by atoms with Gasteiger partial charge in [0.25, 0.3) is 11.6 Å². The largest absolute Gasteiger partial charge is 0.493 e. The molecule has 0 aliphatic heterocycles. The minimum Gasteiger partial charge on any atom is -0.493 e. The molecule has 0 aliphatic carbocycles. The number of nitro groups is 1. The van der Waals surface area contributed by atoms with Gasteiger partial charge in [0.2, 0.25) is 0 Å². The summed E-state index contributed by atoms with van der Waals surface area (Å²) in [7, 11) is 1.32. The average molecular weight is 340 g/mol. The van der Waals surface area contributed by atoms with Crippen LogP contribution >= 0.6 is 0 Å². The predicted octanol–water partition coefficient (Wildman–Crippen LogP) is 1.99. The van der Waals surface area contributed by atoms with Crippen molar-refractivity contribution in [3.05, 3.63) is 27.8 Å². The second kappa shape index (κ2) is 8.70. The van der Waals surface area contributed by atoms with Crippen molar-refractivity contribution < 1.29 is 29.1 Å². The van der Waals surface area contributed by atoms with Crippen molar-refractivity contribution in [1.29, 1.82) is 0 Å². The molecule has 24 heavy (non-hydrogen) atoms. The number of amides is 1. The zero-order chi connectivity index (χ0) is 18.3. The van der Waals surface area contributed by atoms with Crippen LogP contribution in [0.4, 0.5) is 5.69 Å². The van der Waals surface area contributed by atoms with Crippen LogP contribution in [0.2, 0.25) is 0 Å². The topological polar surface area (TPSA) is 128 Å². The first-order chi connectivity index (χ1) is 11.3. The van der Waals surface area contributed by atoms with Gasteiger partial charge in [0.15, 0.2) is 11.5 Å². The minimum absolute atomic E-state index is 0.114. The van der Waals surface area contributed by atoms with Crippen molar-refractivity contribution in [1.82, 2.24) is 5.32 Å². The number of nitrogens with one attached hydrogen (secondary N) is 1. The Labute approximate surface area is 138 Å². The lowest BCUT2D eigenvalue weighted by molar-refractivity contribution is -0.385. The number of hydrogen-bond donors (Lipinski definition) is 2. The maximum absolute atomic E-state index is 12.3. The number of hydrogen-bond acceptors (Lipinski definition) is 6. The highest BCUT2D eigenvalue weighted by Gasteiger charge is 2.27. The number of nitro benzene ring substituents is 1. The van der Waals surface area contributed by atoms with Gasteiger partial charge < -0.3 is 19.9 Å². The molecule has 0 saturated heterocycles. The SMILES string of the molecule is CCCC(NC(=O)c1cc(OCC)c(OC)cc1[N+](=O)[O-])C(=O)O. The Balaban J connectivity index is 3.28. The van der Waals surface area contributed by atoms with Crippen LogP contribution in [-0.2, 0) is 4.79 Å². The Morgan fingerprint density at radius 3 is 2.46 bits per heavy atom. The lowest BCUT2D eigenvalue weighted by atomic mass is 10.1. The van der Waals surface area contributed by atoms with Crippen LogP contribution in [0.3, 0.4) is 0 Å². The molecule has 0 aliphatic rings. The Kier molecular flexibility index (Phi) is 6.97. The van der Waals surface area contributed by atoms with Gasteiger partial charge in [-0.15, -0.1) is 0 Å². The average Bonchev–Trinajstić information content (AvgIpc) is 2.53. The van der Waals surface area contributed by atoms with E-state index in [2.05, 4.69) is 5.32 Å². The number of benzene rings is 1. The van der Waals surface area contributed by atoms with Crippen molar-refractivity contribution in [3.63, 3.8) is 0 Å². The van der Waals surface area contributed by atoms with Crippen molar-refractivity contribution in [2.45, 2.75) is 32.7 Å². The molecule has 0 fully saturated rings. The molecule has 0 radical (unpaired) electrons. The van der Waals surface area contributed by atoms with E-state index in [1.54, 1.807) is 13.8 Å². The zero-order valence-electron chi connectivity index (χ0n) is 13.7. The highest BCUT2D eigenvalue weighted by molar-refractivity contribution is 6.00. The molecule has 132 valence electrons. The van der Waals surface area contributed by atoms with E-state index in [0.717, 1.165) is 6.07 Å². The predicted molar refractivity (Wildman–Crippen MR) is 84.6 cm³/mol. The monoisotopic (exact) mass is 340 g/mol. The van der Waals surface area contributed by atoms with Gasteiger partial charge in [-0.3, -0.25) is 14.9 Å². The maximum atomic E-state index is 12.3. The Morgan fingerprint density at radius 1 is 1.33 bits per heavy atom. The van der Waals surface area contributed by atoms with E-state index in [9.17, 15) is 19.7 Å². The zero-order valence-corrected chi connectivity index (χ0v) is 13.7. The van der Waals surface area contributed by atoms with Crippen LogP contribution in [-0.4, -0.2) is 41.7 Å². The molecule has 9 nitrogen and oxygen atoms in total. The number of carboxylic acids is 1. The van der Waals surface area contributed by atoms with E-state index in [4.69, 9.17) is 14.6 Å². The first-order valence-electron chi connectivity index (χ1n) is 7.38. The van der Waals surface area contributed by atoms with Crippen molar-refractivity contribution in [2.24, 2.45) is 0 Å². The Bertz CT molecular complexity index is 630. The highest BCUT2D eigenvalue weighted by Crippen LogP contribution is 2.34. The normalized spacial score (nSPS) is 11.5. The minimum atomic E-state index is -1.20. The van der Waals surface area contributed by atoms with E-state index in [0.29, 0.717) is 6.42 Å². The number of nitrogens with zero attached hydrogens (tertiary/aromatic N) is 1. The quantitative estimate of drug-likeness (QED) is 0.519. The van der Waals surface area contributed by atoms with Gasteiger partial charge in [-0.2, -0.15) is 0 Å². The molecule has 1 aromatic rings. The fourth-order valence-corrected chi connectivity index (χ4v) is 2.09. The van der Waals surface area contributed by atoms with E-state index in [-0.39, 0.29) is 30.1 Å². The van der Waals surface area contributed by atoms with Gasteiger partial charge in [-0.1, -0.05) is 13.3 Å². The molecule has 1 aromatic carbocycles. The number of carboxylic acid groups (broad SMARTS) is 1. The molecular weight excluding hydrogens is 320 g/mol. The highest BCUT2D eigenvalue weighted by atomic mass is 16.6. The summed E-state index contributed by atoms with van der Waals surface area (Å²) in [5.41, 5.74) is -0.778. The molecule has 2 N–H and O–H groups in total. The molecule has 1 atom stereocenters. The van der Waals surface area contributed by atoms with Crippen LogP contribution in [0.15, 0.2) is 12.1 Å². The van der Waals surface area contributed by atoms with Gasteiger partial charge in [-0.25, -0.2) is 4.79 Å². The molecule has 0 bridgehead atoms. The summed E-state index contributed by atoms with van der Waals surface area (Å²) < 4.78 is 10.3. The van der Waals surface area contributed by atoms with E-state index >= 15 is 0 Å². The lowest BCUT2D eigenvalue weighted by Gasteiger charge is -2.15. The first kappa shape index (κ1) is 19.2. The van der Waals surface area contributed by atoms with E-state index in [1.807, 2.05) is 0 Å². The van der Waals surface area contributed by atoms with Crippen LogP contribution < -0.4 is 14.8 Å². The third-order valence-corrected chi connectivity index (χ3v) is 3.20. The third kappa shape index (κ3) is 4.58. The molecule has 0 spiro atoms. The van der Waals surface area contributed by atoms with Gasteiger partial charge in [0.1, 0.15) is 11.6 Å². The summed E-state index contributed by atoms with van der Waals surface area (Å²) in [5, 5.41) is 22.6. The van der Waals surface area contributed by atoms with Gasteiger partial charge in [0, 0.05) is 6.07 Å². The molecule has 9 heteroatoms. The molecule has 0 saturated carbocycles. The summed E-state index contributed by atoms with van der Waals surface area (Å²) in [5.74, 6) is -1.78. The molecule has 1 rings (SSSR count). The molecule has 1 amide bonds. The van der Waals surface area contributed by atoms with Gasteiger partial charge >= 0.3 is 5.97 Å². The Morgan fingerprint density at radius 2 is 2.00 bits per heavy atom.